The van der Waals surface area contributed by atoms with Gasteiger partial charge in [0.15, 0.2) is 6.04 Å². The second-order valence-corrected chi connectivity index (χ2v) is 10.2. The van der Waals surface area contributed by atoms with Crippen molar-refractivity contribution in [3.63, 3.8) is 0 Å². The Morgan fingerprint density at radius 1 is 1.14 bits per heavy atom. The summed E-state index contributed by atoms with van der Waals surface area (Å²) in [6.45, 7) is 3.53. The van der Waals surface area contributed by atoms with Crippen LogP contribution in [0.25, 0.3) is 0 Å². The second-order valence-electron chi connectivity index (χ2n) is 8.27. The number of nitrogens with zero attached hydrogens (tertiary/aromatic N) is 2. The van der Waals surface area contributed by atoms with E-state index in [1.165, 1.54) is 30.0 Å². The molecule has 0 aromatic heterocycles. The maximum Gasteiger partial charge on any atom is 0.282 e. The molecular formula is C20H32N3O4S+. The molecular weight excluding hydrogens is 378 g/mol. The third-order valence-electron chi connectivity index (χ3n) is 6.37. The Morgan fingerprint density at radius 2 is 1.71 bits per heavy atom. The minimum Gasteiger partial charge on any atom is -0.379 e. The van der Waals surface area contributed by atoms with Crippen LogP contribution in [0.1, 0.15) is 32.6 Å². The van der Waals surface area contributed by atoms with Gasteiger partial charge in [-0.15, -0.1) is 0 Å². The van der Waals surface area contributed by atoms with Crippen molar-refractivity contribution in [3.05, 3.63) is 24.3 Å². The number of carbonyl (C=O) groups is 1. The molecule has 3 rings (SSSR count). The highest BCUT2D eigenvalue weighted by molar-refractivity contribution is 7.89. The number of hydrogen-bond donors (Lipinski definition) is 1. The number of hydrogen-bond acceptors (Lipinski definition) is 4. The molecule has 0 bridgehead atoms. The van der Waals surface area contributed by atoms with Gasteiger partial charge in [-0.05, 0) is 56.9 Å². The van der Waals surface area contributed by atoms with Gasteiger partial charge in [0.05, 0.1) is 38.2 Å². The van der Waals surface area contributed by atoms with E-state index in [1.54, 1.807) is 24.3 Å². The topological polar surface area (TPSA) is 75.7 Å². The van der Waals surface area contributed by atoms with Crippen molar-refractivity contribution in [2.45, 2.75) is 49.6 Å². The average Bonchev–Trinajstić information content (AvgIpc) is 3.24. The Balaban J connectivity index is 1.65. The zero-order valence-electron chi connectivity index (χ0n) is 17.1. The minimum atomic E-state index is -3.52. The molecule has 1 atom stereocenters. The fourth-order valence-corrected chi connectivity index (χ4v) is 5.49. The van der Waals surface area contributed by atoms with Crippen LogP contribution in [0, 0.1) is 0 Å². The van der Waals surface area contributed by atoms with Crippen LogP contribution < -0.4 is 5.32 Å². The van der Waals surface area contributed by atoms with Gasteiger partial charge in [-0.1, -0.05) is 0 Å². The van der Waals surface area contributed by atoms with E-state index in [4.69, 9.17) is 4.74 Å². The fraction of sp³-hybridized carbons (Fsp3) is 0.650. The van der Waals surface area contributed by atoms with Crippen LogP contribution in [0.15, 0.2) is 29.2 Å². The lowest BCUT2D eigenvalue weighted by atomic mass is 10.1. The Kier molecular flexibility index (Phi) is 6.44. The first-order valence-corrected chi connectivity index (χ1v) is 11.5. The fourth-order valence-electron chi connectivity index (χ4n) is 4.08. The first-order chi connectivity index (χ1) is 13.2. The number of sulfonamides is 1. The maximum absolute atomic E-state index is 12.8. The number of carbonyl (C=O) groups excluding carboxylic acids is 1. The zero-order chi connectivity index (χ0) is 20.4. The standard InChI is InChI=1S/C20H31N3O4S/c1-16(23(2,3)18-6-4-5-7-18)20(24)21-17-8-10-19(11-9-17)28(25,26)22-12-14-27-15-13-22/h8-11,16,18H,4-7,12-15H2,1-3H3/p+1/t16-/m0/s1. The van der Waals surface area contributed by atoms with Gasteiger partial charge >= 0.3 is 0 Å². The van der Waals surface area contributed by atoms with Crippen LogP contribution >= 0.6 is 0 Å². The number of likely N-dealkylation sites (N-methyl/N-ethyl adjacent to an activating group) is 1. The van der Waals surface area contributed by atoms with Gasteiger partial charge in [0.25, 0.3) is 5.91 Å². The molecule has 1 N–H and O–H groups in total. The van der Waals surface area contributed by atoms with Crippen molar-refractivity contribution in [1.29, 1.82) is 0 Å². The molecule has 0 unspecified atom stereocenters. The number of anilines is 1. The molecule has 2 aliphatic rings. The Labute approximate surface area is 168 Å². The molecule has 1 aromatic carbocycles. The van der Waals surface area contributed by atoms with Crippen LogP contribution in [-0.4, -0.2) is 75.6 Å². The van der Waals surface area contributed by atoms with E-state index in [-0.39, 0.29) is 16.8 Å². The summed E-state index contributed by atoms with van der Waals surface area (Å²) in [6.07, 6.45) is 4.80. The molecule has 1 saturated heterocycles. The van der Waals surface area contributed by atoms with E-state index < -0.39 is 10.0 Å². The molecule has 1 amide bonds. The van der Waals surface area contributed by atoms with Crippen LogP contribution in [0.5, 0.6) is 0 Å². The highest BCUT2D eigenvalue weighted by Crippen LogP contribution is 2.29. The number of benzene rings is 1. The summed E-state index contributed by atoms with van der Waals surface area (Å²) in [5, 5.41) is 2.95. The maximum atomic E-state index is 12.8. The predicted octanol–water partition coefficient (Wildman–Crippen LogP) is 2.05. The SMILES string of the molecule is C[C@@H](C(=O)Nc1ccc(S(=O)(=O)N2CCOCC2)cc1)[N+](C)(C)C1CCCC1. The highest BCUT2D eigenvalue weighted by Gasteiger charge is 2.39. The Hall–Kier alpha value is -1.48. The smallest absolute Gasteiger partial charge is 0.282 e. The number of morpholine rings is 1. The lowest BCUT2D eigenvalue weighted by Crippen LogP contribution is -2.57. The largest absolute Gasteiger partial charge is 0.379 e. The molecule has 0 radical (unpaired) electrons. The molecule has 2 fully saturated rings. The number of rotatable bonds is 6. The summed E-state index contributed by atoms with van der Waals surface area (Å²) in [4.78, 5) is 13.0. The molecule has 7 nitrogen and oxygen atoms in total. The summed E-state index contributed by atoms with van der Waals surface area (Å²) in [7, 11) is 0.726. The molecule has 1 aliphatic carbocycles. The van der Waals surface area contributed by atoms with Crippen LogP contribution in [0.3, 0.4) is 0 Å². The van der Waals surface area contributed by atoms with E-state index in [0.29, 0.717) is 42.5 Å². The van der Waals surface area contributed by atoms with Crippen LogP contribution in [0.4, 0.5) is 5.69 Å². The van der Waals surface area contributed by atoms with Crippen molar-refractivity contribution < 1.29 is 22.4 Å². The van der Waals surface area contributed by atoms with Crippen molar-refractivity contribution in [3.8, 4) is 0 Å². The van der Waals surface area contributed by atoms with E-state index in [1.807, 2.05) is 6.92 Å². The van der Waals surface area contributed by atoms with E-state index in [0.717, 1.165) is 0 Å². The third-order valence-corrected chi connectivity index (χ3v) is 8.29. The van der Waals surface area contributed by atoms with Gasteiger partial charge in [-0.25, -0.2) is 8.42 Å². The zero-order valence-corrected chi connectivity index (χ0v) is 17.9. The highest BCUT2D eigenvalue weighted by atomic mass is 32.2. The first-order valence-electron chi connectivity index (χ1n) is 10.0. The minimum absolute atomic E-state index is 0.0410. The molecule has 28 heavy (non-hydrogen) atoms. The van der Waals surface area contributed by atoms with Gasteiger partial charge in [0.1, 0.15) is 0 Å². The summed E-state index contributed by atoms with van der Waals surface area (Å²) >= 11 is 0. The number of amides is 1. The van der Waals surface area contributed by atoms with Crippen molar-refractivity contribution in [1.82, 2.24) is 4.31 Å². The number of ether oxygens (including phenoxy) is 1. The molecule has 0 spiro atoms. The normalized spacial score (nSPS) is 20.8. The Bertz CT molecular complexity index is 780. The first kappa shape index (κ1) is 21.2. The number of nitrogens with one attached hydrogen (secondary N) is 1. The quantitative estimate of drug-likeness (QED) is 0.729. The predicted molar refractivity (Wildman–Crippen MR) is 108 cm³/mol. The lowest BCUT2D eigenvalue weighted by molar-refractivity contribution is -0.927. The second kappa shape index (κ2) is 8.49. The van der Waals surface area contributed by atoms with E-state index >= 15 is 0 Å². The molecule has 1 aromatic rings. The Morgan fingerprint density at radius 3 is 2.29 bits per heavy atom. The summed E-state index contributed by atoms with van der Waals surface area (Å²) < 4.78 is 32.7. The van der Waals surface area contributed by atoms with Gasteiger partial charge in [-0.2, -0.15) is 4.31 Å². The van der Waals surface area contributed by atoms with E-state index in [9.17, 15) is 13.2 Å². The summed E-state index contributed by atoms with van der Waals surface area (Å²) in [5.74, 6) is -0.0410. The van der Waals surface area contributed by atoms with Crippen LogP contribution in [-0.2, 0) is 19.6 Å². The van der Waals surface area contributed by atoms with Crippen molar-refractivity contribution >= 4 is 21.6 Å². The van der Waals surface area contributed by atoms with Gasteiger partial charge in [0.2, 0.25) is 10.0 Å². The lowest BCUT2D eigenvalue weighted by Gasteiger charge is -2.40. The molecule has 1 heterocycles. The monoisotopic (exact) mass is 410 g/mol. The van der Waals surface area contributed by atoms with Crippen molar-refractivity contribution in [2.24, 2.45) is 0 Å². The average molecular weight is 411 g/mol. The van der Waals surface area contributed by atoms with Gasteiger partial charge < -0.3 is 14.5 Å². The van der Waals surface area contributed by atoms with Crippen LogP contribution in [0.2, 0.25) is 0 Å². The molecule has 1 saturated carbocycles. The number of quaternary nitrogens is 1. The summed E-state index contributed by atoms with van der Waals surface area (Å²) in [5.41, 5.74) is 0.615. The van der Waals surface area contributed by atoms with Gasteiger partial charge in [0, 0.05) is 18.8 Å². The van der Waals surface area contributed by atoms with Gasteiger partial charge in [-0.3, -0.25) is 4.79 Å². The summed E-state index contributed by atoms with van der Waals surface area (Å²) in [6, 6.07) is 6.77. The third kappa shape index (κ3) is 4.40. The van der Waals surface area contributed by atoms with E-state index in [2.05, 4.69) is 19.4 Å². The molecule has 156 valence electrons. The molecule has 1 aliphatic heterocycles. The van der Waals surface area contributed by atoms with Crippen molar-refractivity contribution in [2.75, 3.05) is 45.7 Å². The molecule has 8 heteroatoms.